The molecule has 0 aliphatic carbocycles. The highest BCUT2D eigenvalue weighted by Gasteiger charge is 2.35. The van der Waals surface area contributed by atoms with Gasteiger partial charge in [0.05, 0.1) is 19.9 Å². The third-order valence-electron chi connectivity index (χ3n) is 4.99. The van der Waals surface area contributed by atoms with E-state index in [4.69, 9.17) is 14.5 Å². The quantitative estimate of drug-likeness (QED) is 0.780. The molecule has 1 aromatic heterocycles. The van der Waals surface area contributed by atoms with E-state index in [-0.39, 0.29) is 17.4 Å². The van der Waals surface area contributed by atoms with Crippen LogP contribution >= 0.6 is 11.3 Å². The van der Waals surface area contributed by atoms with Gasteiger partial charge in [-0.2, -0.15) is 0 Å². The molecule has 1 aliphatic heterocycles. The molecule has 6 nitrogen and oxygen atoms in total. The molecule has 0 spiro atoms. The zero-order valence-electron chi connectivity index (χ0n) is 17.2. The lowest BCUT2D eigenvalue weighted by Gasteiger charge is -2.33. The Kier molecular flexibility index (Phi) is 6.13. The zero-order chi connectivity index (χ0) is 20.3. The van der Waals surface area contributed by atoms with E-state index in [0.29, 0.717) is 5.75 Å². The van der Waals surface area contributed by atoms with Gasteiger partial charge in [0, 0.05) is 30.1 Å². The Labute approximate surface area is 170 Å². The molecule has 0 bridgehead atoms. The fourth-order valence-corrected chi connectivity index (χ4v) is 4.11. The molecular formula is C21H29N3O3S. The average molecular weight is 404 g/mol. The highest BCUT2D eigenvalue weighted by atomic mass is 32.1. The van der Waals surface area contributed by atoms with Crippen molar-refractivity contribution in [2.24, 2.45) is 5.41 Å². The van der Waals surface area contributed by atoms with Gasteiger partial charge in [-0.05, 0) is 30.4 Å². The molecule has 3 rings (SSSR count). The van der Waals surface area contributed by atoms with Crippen LogP contribution in [-0.4, -0.2) is 49.1 Å². The largest absolute Gasteiger partial charge is 0.497 e. The summed E-state index contributed by atoms with van der Waals surface area (Å²) in [6.45, 7) is 7.94. The molecule has 1 saturated heterocycles. The first kappa shape index (κ1) is 20.5. The summed E-state index contributed by atoms with van der Waals surface area (Å²) in [5, 5.41) is 6.11. The van der Waals surface area contributed by atoms with Crippen LogP contribution in [0.5, 0.6) is 11.5 Å². The number of ether oxygens (including phenoxy) is 2. The summed E-state index contributed by atoms with van der Waals surface area (Å²) in [5.74, 6) is 1.60. The van der Waals surface area contributed by atoms with E-state index in [1.165, 1.54) is 11.3 Å². The van der Waals surface area contributed by atoms with Crippen molar-refractivity contribution in [2.75, 3.05) is 32.6 Å². The number of aromatic nitrogens is 1. The van der Waals surface area contributed by atoms with Gasteiger partial charge >= 0.3 is 0 Å². The van der Waals surface area contributed by atoms with Gasteiger partial charge in [0.25, 0.3) is 0 Å². The second-order valence-electron chi connectivity index (χ2n) is 8.08. The number of rotatable bonds is 6. The number of nitrogens with one attached hydrogen (secondary N) is 1. The average Bonchev–Trinajstić information content (AvgIpc) is 3.36. The Morgan fingerprint density at radius 3 is 2.54 bits per heavy atom. The summed E-state index contributed by atoms with van der Waals surface area (Å²) in [6, 6.07) is 5.35. The monoisotopic (exact) mass is 403 g/mol. The van der Waals surface area contributed by atoms with Crippen molar-refractivity contribution in [1.29, 1.82) is 0 Å². The molecule has 1 fully saturated rings. The summed E-state index contributed by atoms with van der Waals surface area (Å²) in [5.41, 5.74) is 1.49. The van der Waals surface area contributed by atoms with Crippen LogP contribution in [0.15, 0.2) is 23.6 Å². The van der Waals surface area contributed by atoms with E-state index in [0.717, 1.165) is 48.1 Å². The molecular weight excluding hydrogens is 374 g/mol. The second-order valence-corrected chi connectivity index (χ2v) is 8.94. The van der Waals surface area contributed by atoms with E-state index in [1.807, 2.05) is 28.5 Å². The van der Waals surface area contributed by atoms with Crippen LogP contribution in [0.4, 0.5) is 5.13 Å². The molecule has 0 unspecified atom stereocenters. The maximum Gasteiger partial charge on any atom is 0.245 e. The number of amides is 1. The van der Waals surface area contributed by atoms with E-state index >= 15 is 0 Å². The van der Waals surface area contributed by atoms with Crippen molar-refractivity contribution in [3.8, 4) is 22.8 Å². The first-order valence-corrected chi connectivity index (χ1v) is 10.4. The van der Waals surface area contributed by atoms with Crippen molar-refractivity contribution in [2.45, 2.75) is 39.7 Å². The van der Waals surface area contributed by atoms with Crippen LogP contribution in [0.2, 0.25) is 0 Å². The van der Waals surface area contributed by atoms with Crippen molar-refractivity contribution >= 4 is 22.4 Å². The summed E-state index contributed by atoms with van der Waals surface area (Å²) < 4.78 is 10.8. The molecule has 28 heavy (non-hydrogen) atoms. The molecule has 7 heteroatoms. The predicted octanol–water partition coefficient (Wildman–Crippen LogP) is 4.28. The summed E-state index contributed by atoms with van der Waals surface area (Å²) in [6.07, 6.45) is 2.17. The lowest BCUT2D eigenvalue weighted by molar-refractivity contribution is -0.133. The van der Waals surface area contributed by atoms with Crippen LogP contribution in [0.1, 0.15) is 33.6 Å². The van der Waals surface area contributed by atoms with Crippen LogP contribution in [0, 0.1) is 5.41 Å². The summed E-state index contributed by atoms with van der Waals surface area (Å²) in [4.78, 5) is 19.7. The Morgan fingerprint density at radius 1 is 1.21 bits per heavy atom. The maximum absolute atomic E-state index is 13.1. The van der Waals surface area contributed by atoms with Crippen molar-refractivity contribution in [3.63, 3.8) is 0 Å². The Morgan fingerprint density at radius 2 is 1.93 bits per heavy atom. The van der Waals surface area contributed by atoms with Gasteiger partial charge in [0.1, 0.15) is 17.5 Å². The Hall–Kier alpha value is -2.28. The van der Waals surface area contributed by atoms with Gasteiger partial charge in [-0.25, -0.2) is 4.98 Å². The lowest BCUT2D eigenvalue weighted by atomic mass is 9.86. The number of benzene rings is 1. The molecule has 1 aromatic carbocycles. The maximum atomic E-state index is 13.1. The molecule has 1 amide bonds. The first-order chi connectivity index (χ1) is 13.3. The van der Waals surface area contributed by atoms with Crippen LogP contribution in [0.25, 0.3) is 11.3 Å². The second kappa shape index (κ2) is 8.39. The highest BCUT2D eigenvalue weighted by Crippen LogP contribution is 2.36. The van der Waals surface area contributed by atoms with Gasteiger partial charge in [-0.3, -0.25) is 4.79 Å². The summed E-state index contributed by atoms with van der Waals surface area (Å²) in [7, 11) is 3.26. The number of anilines is 1. The van der Waals surface area contributed by atoms with Gasteiger partial charge < -0.3 is 19.7 Å². The number of hydrogen-bond acceptors (Lipinski definition) is 6. The molecule has 2 aromatic rings. The standard InChI is InChI=1S/C21H29N3O3S/c1-21(2,3)18(19(25)24-10-6-7-11-24)23-20-22-16(13-28-20)15-9-8-14(26-4)12-17(15)27-5/h8-9,12-13,18H,6-7,10-11H2,1-5H3,(H,22,23)/t18-/m1/s1. The molecule has 1 aliphatic rings. The van der Waals surface area contributed by atoms with E-state index in [1.54, 1.807) is 14.2 Å². The van der Waals surface area contributed by atoms with Gasteiger partial charge in [-0.15, -0.1) is 11.3 Å². The third kappa shape index (κ3) is 4.41. The molecule has 0 radical (unpaired) electrons. The van der Waals surface area contributed by atoms with Gasteiger partial charge in [-0.1, -0.05) is 20.8 Å². The SMILES string of the molecule is COc1ccc(-c2csc(N[C@H](C(=O)N3CCCC3)C(C)(C)C)n2)c(OC)c1. The van der Waals surface area contributed by atoms with E-state index in [9.17, 15) is 4.79 Å². The van der Waals surface area contributed by atoms with Crippen molar-refractivity contribution < 1.29 is 14.3 Å². The van der Waals surface area contributed by atoms with Crippen molar-refractivity contribution in [3.05, 3.63) is 23.6 Å². The molecule has 1 atom stereocenters. The van der Waals surface area contributed by atoms with Crippen LogP contribution in [-0.2, 0) is 4.79 Å². The fraction of sp³-hybridized carbons (Fsp3) is 0.524. The number of carbonyl (C=O) groups excluding carboxylic acids is 1. The van der Waals surface area contributed by atoms with Gasteiger partial charge in [0.15, 0.2) is 5.13 Å². The topological polar surface area (TPSA) is 63.7 Å². The Balaban J connectivity index is 1.83. The highest BCUT2D eigenvalue weighted by molar-refractivity contribution is 7.14. The van der Waals surface area contributed by atoms with Crippen LogP contribution < -0.4 is 14.8 Å². The smallest absolute Gasteiger partial charge is 0.245 e. The minimum absolute atomic E-state index is 0.156. The normalized spacial score (nSPS) is 15.4. The van der Waals surface area contributed by atoms with E-state index < -0.39 is 0 Å². The summed E-state index contributed by atoms with van der Waals surface area (Å²) >= 11 is 1.50. The van der Waals surface area contributed by atoms with Gasteiger partial charge in [0.2, 0.25) is 5.91 Å². The molecule has 0 saturated carbocycles. The minimum atomic E-state index is -0.317. The number of nitrogens with zero attached hydrogens (tertiary/aromatic N) is 2. The van der Waals surface area contributed by atoms with Crippen LogP contribution in [0.3, 0.4) is 0 Å². The first-order valence-electron chi connectivity index (χ1n) is 9.56. The number of carbonyl (C=O) groups is 1. The van der Waals surface area contributed by atoms with E-state index in [2.05, 4.69) is 26.1 Å². The number of methoxy groups -OCH3 is 2. The zero-order valence-corrected chi connectivity index (χ0v) is 18.1. The number of likely N-dealkylation sites (tertiary alicyclic amines) is 1. The third-order valence-corrected chi connectivity index (χ3v) is 5.76. The molecule has 152 valence electrons. The molecule has 1 N–H and O–H groups in total. The predicted molar refractivity (Wildman–Crippen MR) is 113 cm³/mol. The number of hydrogen-bond donors (Lipinski definition) is 1. The minimum Gasteiger partial charge on any atom is -0.497 e. The number of thiazole rings is 1. The lowest BCUT2D eigenvalue weighted by Crippen LogP contribution is -2.48. The Bertz CT molecular complexity index is 823. The fourth-order valence-electron chi connectivity index (χ4n) is 3.37. The van der Waals surface area contributed by atoms with Crippen molar-refractivity contribution in [1.82, 2.24) is 9.88 Å². The molecule has 2 heterocycles.